The molecule has 1 N–H and O–H groups in total. The lowest BCUT2D eigenvalue weighted by Crippen LogP contribution is -1.88. The molecule has 0 heterocycles. The molecule has 0 rings (SSSR count). The highest BCUT2D eigenvalue weighted by Crippen LogP contribution is 2.21. The van der Waals surface area contributed by atoms with Crippen molar-refractivity contribution in [3.63, 3.8) is 0 Å². The maximum absolute atomic E-state index is 10.4. The Bertz CT molecular complexity index is 210. The van der Waals surface area contributed by atoms with E-state index in [9.17, 15) is 4.57 Å². The van der Waals surface area contributed by atoms with Crippen LogP contribution in [0.4, 0.5) is 0 Å². The Labute approximate surface area is 108 Å². The summed E-state index contributed by atoms with van der Waals surface area (Å²) in [4.78, 5) is 8.54. The van der Waals surface area contributed by atoms with Gasteiger partial charge >= 0.3 is 8.25 Å². The monoisotopic (exact) mass is 287 g/mol. The van der Waals surface area contributed by atoms with Gasteiger partial charge in [-0.25, -0.2) is 4.52 Å². The van der Waals surface area contributed by atoms with Gasteiger partial charge in [-0.15, -0.1) is 28.1 Å². The molecule has 16 heavy (non-hydrogen) atoms. The van der Waals surface area contributed by atoms with Crippen molar-refractivity contribution >= 4 is 31.5 Å². The van der Waals surface area contributed by atoms with Crippen LogP contribution in [0.3, 0.4) is 0 Å². The molecule has 1 unspecified atom stereocenters. The summed E-state index contributed by atoms with van der Waals surface area (Å²) in [7, 11) is -2.55. The topological polar surface area (TPSA) is 46.5 Å². The standard InChI is InChI=1S/C10H17Cl2O3P/c11-7-3-1-5-10(6-2-4-8-12)9-15-16(13)14/h9H,1-8H2/p+1. The van der Waals surface area contributed by atoms with Crippen molar-refractivity contribution in [1.82, 2.24) is 0 Å². The van der Waals surface area contributed by atoms with Crippen molar-refractivity contribution in [2.45, 2.75) is 38.5 Å². The second-order valence-electron chi connectivity index (χ2n) is 3.41. The number of halogens is 2. The number of hydrogen-bond acceptors (Lipinski definition) is 2. The summed E-state index contributed by atoms with van der Waals surface area (Å²) in [6.45, 7) is 0. The van der Waals surface area contributed by atoms with Gasteiger partial charge in [0.05, 0.1) is 0 Å². The molecule has 0 bridgehead atoms. The molecule has 0 saturated heterocycles. The van der Waals surface area contributed by atoms with E-state index in [0.29, 0.717) is 11.8 Å². The van der Waals surface area contributed by atoms with E-state index < -0.39 is 8.25 Å². The maximum atomic E-state index is 10.4. The van der Waals surface area contributed by atoms with Crippen molar-refractivity contribution < 1.29 is 14.0 Å². The van der Waals surface area contributed by atoms with Gasteiger partial charge in [0.2, 0.25) is 0 Å². The number of rotatable bonds is 10. The van der Waals surface area contributed by atoms with E-state index >= 15 is 0 Å². The van der Waals surface area contributed by atoms with Gasteiger partial charge in [0.1, 0.15) is 0 Å². The highest BCUT2D eigenvalue weighted by Gasteiger charge is 2.10. The van der Waals surface area contributed by atoms with Crippen LogP contribution in [0.1, 0.15) is 38.5 Å². The Morgan fingerprint density at radius 3 is 2.00 bits per heavy atom. The smallest absolute Gasteiger partial charge is 0.237 e. The largest absolute Gasteiger partial charge is 0.746 e. The van der Waals surface area contributed by atoms with E-state index in [-0.39, 0.29) is 0 Å². The van der Waals surface area contributed by atoms with Crippen LogP contribution in [0.2, 0.25) is 0 Å². The van der Waals surface area contributed by atoms with Crippen LogP contribution >= 0.6 is 31.5 Å². The minimum Gasteiger partial charge on any atom is -0.237 e. The van der Waals surface area contributed by atoms with Crippen molar-refractivity contribution in [2.24, 2.45) is 0 Å². The third-order valence-electron chi connectivity index (χ3n) is 2.07. The van der Waals surface area contributed by atoms with Crippen molar-refractivity contribution in [3.05, 3.63) is 11.8 Å². The molecule has 94 valence electrons. The minimum absolute atomic E-state index is 0.643. The van der Waals surface area contributed by atoms with Crippen LogP contribution in [0.5, 0.6) is 0 Å². The molecule has 0 aromatic carbocycles. The SMILES string of the molecule is O=[P+](O)OC=C(CCCCCl)CCCCCl. The van der Waals surface area contributed by atoms with Gasteiger partial charge in [-0.1, -0.05) is 0 Å². The van der Waals surface area contributed by atoms with E-state index in [4.69, 9.17) is 28.1 Å². The summed E-state index contributed by atoms with van der Waals surface area (Å²) in [5, 5.41) is 0. The first-order chi connectivity index (χ1) is 7.70. The third-order valence-corrected chi connectivity index (χ3v) is 2.89. The molecule has 0 aromatic heterocycles. The average molecular weight is 288 g/mol. The van der Waals surface area contributed by atoms with E-state index in [0.717, 1.165) is 44.1 Å². The predicted octanol–water partition coefficient (Wildman–Crippen LogP) is 4.35. The first kappa shape index (κ1) is 16.2. The summed E-state index contributed by atoms with van der Waals surface area (Å²) >= 11 is 11.2. The van der Waals surface area contributed by atoms with Gasteiger partial charge in [0.25, 0.3) is 0 Å². The molecule has 0 aromatic rings. The lowest BCUT2D eigenvalue weighted by atomic mass is 10.0. The van der Waals surface area contributed by atoms with Crippen LogP contribution in [-0.2, 0) is 9.09 Å². The highest BCUT2D eigenvalue weighted by molar-refractivity contribution is 7.32. The molecule has 3 nitrogen and oxygen atoms in total. The second-order valence-corrected chi connectivity index (χ2v) is 4.85. The third kappa shape index (κ3) is 10.7. The Balaban J connectivity index is 3.94. The van der Waals surface area contributed by atoms with E-state index in [2.05, 4.69) is 4.52 Å². The number of hydrogen-bond donors (Lipinski definition) is 1. The lowest BCUT2D eigenvalue weighted by Gasteiger charge is -2.04. The molecule has 0 radical (unpaired) electrons. The summed E-state index contributed by atoms with van der Waals surface area (Å²) in [5.41, 5.74) is 1.05. The molecule has 1 atom stereocenters. The van der Waals surface area contributed by atoms with E-state index in [1.807, 2.05) is 0 Å². The Morgan fingerprint density at radius 1 is 1.12 bits per heavy atom. The van der Waals surface area contributed by atoms with Crippen molar-refractivity contribution in [3.8, 4) is 0 Å². The van der Waals surface area contributed by atoms with Gasteiger partial charge in [-0.3, -0.25) is 0 Å². The quantitative estimate of drug-likeness (QED) is 0.281. The predicted molar refractivity (Wildman–Crippen MR) is 68.1 cm³/mol. The summed E-state index contributed by atoms with van der Waals surface area (Å²) in [6, 6.07) is 0. The summed E-state index contributed by atoms with van der Waals surface area (Å²) in [6.07, 6.45) is 6.96. The average Bonchev–Trinajstić information content (AvgIpc) is 2.25. The van der Waals surface area contributed by atoms with Crippen LogP contribution in [0.15, 0.2) is 11.8 Å². The molecule has 0 aliphatic carbocycles. The molecular formula is C10H18Cl2O3P+. The molecular weight excluding hydrogens is 270 g/mol. The molecule has 0 aliphatic heterocycles. The first-order valence-corrected chi connectivity index (χ1v) is 7.53. The zero-order valence-electron chi connectivity index (χ0n) is 9.20. The minimum atomic E-state index is -2.55. The normalized spacial score (nSPS) is 11.1. The van der Waals surface area contributed by atoms with Gasteiger partial charge in [-0.2, -0.15) is 0 Å². The molecule has 0 saturated carbocycles. The van der Waals surface area contributed by atoms with E-state index in [1.54, 1.807) is 0 Å². The second kappa shape index (κ2) is 11.7. The van der Waals surface area contributed by atoms with Crippen LogP contribution < -0.4 is 0 Å². The first-order valence-electron chi connectivity index (χ1n) is 5.33. The fourth-order valence-corrected chi connectivity index (χ4v) is 1.87. The number of unbranched alkanes of at least 4 members (excludes halogenated alkanes) is 2. The van der Waals surface area contributed by atoms with Crippen molar-refractivity contribution in [2.75, 3.05) is 11.8 Å². The number of alkyl halides is 2. The zero-order valence-corrected chi connectivity index (χ0v) is 11.6. The van der Waals surface area contributed by atoms with Gasteiger partial charge in [0.15, 0.2) is 6.26 Å². The molecule has 0 amide bonds. The summed E-state index contributed by atoms with van der Waals surface area (Å²) in [5.74, 6) is 1.29. The van der Waals surface area contributed by atoms with Crippen LogP contribution in [-0.4, -0.2) is 16.7 Å². The number of allylic oxidation sites excluding steroid dienone is 1. The maximum Gasteiger partial charge on any atom is 0.746 e. The Morgan fingerprint density at radius 2 is 1.62 bits per heavy atom. The molecule has 0 spiro atoms. The molecule has 0 aliphatic rings. The lowest BCUT2D eigenvalue weighted by molar-refractivity contribution is 0.373. The molecule has 6 heteroatoms. The zero-order chi connectivity index (χ0) is 12.2. The van der Waals surface area contributed by atoms with E-state index in [1.165, 1.54) is 6.26 Å². The fourth-order valence-electron chi connectivity index (χ4n) is 1.26. The van der Waals surface area contributed by atoms with Crippen LogP contribution in [0, 0.1) is 0 Å². The van der Waals surface area contributed by atoms with Gasteiger partial charge in [0, 0.05) is 16.3 Å². The Hall–Kier alpha value is 0.180. The highest BCUT2D eigenvalue weighted by atomic mass is 35.5. The van der Waals surface area contributed by atoms with Gasteiger partial charge < -0.3 is 0 Å². The molecule has 0 fully saturated rings. The Kier molecular flexibility index (Phi) is 11.8. The van der Waals surface area contributed by atoms with Crippen LogP contribution in [0.25, 0.3) is 0 Å². The van der Waals surface area contributed by atoms with Gasteiger partial charge in [-0.05, 0) is 44.1 Å². The fraction of sp³-hybridized carbons (Fsp3) is 0.800. The van der Waals surface area contributed by atoms with Crippen molar-refractivity contribution in [1.29, 1.82) is 0 Å². The summed E-state index contributed by atoms with van der Waals surface area (Å²) < 4.78 is 15.0.